The lowest BCUT2D eigenvalue weighted by Gasteiger charge is -2.37. The smallest absolute Gasteiger partial charge is 0.227 e. The van der Waals surface area contributed by atoms with Crippen LogP contribution in [0.3, 0.4) is 0 Å². The second kappa shape index (κ2) is 6.60. The maximum atomic E-state index is 12.3. The van der Waals surface area contributed by atoms with Gasteiger partial charge in [0.2, 0.25) is 5.91 Å². The molecule has 5 heteroatoms. The number of hydrogen-bond acceptors (Lipinski definition) is 2. The van der Waals surface area contributed by atoms with Gasteiger partial charge in [0.05, 0.1) is 13.0 Å². The number of nitrogens with zero attached hydrogens (tertiary/aromatic N) is 1. The Morgan fingerprint density at radius 3 is 2.63 bits per heavy atom. The third-order valence-electron chi connectivity index (χ3n) is 3.53. The largest absolute Gasteiger partial charge is 0.395 e. The molecule has 0 bridgehead atoms. The van der Waals surface area contributed by atoms with Crippen LogP contribution in [0.2, 0.25) is 10.0 Å². The Morgan fingerprint density at radius 2 is 2.11 bits per heavy atom. The highest BCUT2D eigenvalue weighted by Gasteiger charge is 2.28. The fourth-order valence-electron chi connectivity index (χ4n) is 2.25. The molecule has 3 nitrogen and oxygen atoms in total. The summed E-state index contributed by atoms with van der Waals surface area (Å²) in [6, 6.07) is 5.44. The Bertz CT molecular complexity index is 461. The van der Waals surface area contributed by atoms with Gasteiger partial charge >= 0.3 is 0 Å². The molecule has 1 aromatic carbocycles. The number of aliphatic hydroxyl groups is 1. The number of amides is 1. The van der Waals surface area contributed by atoms with Crippen molar-refractivity contribution in [2.45, 2.75) is 31.7 Å². The molecule has 0 radical (unpaired) electrons. The molecule has 0 aliphatic heterocycles. The van der Waals surface area contributed by atoms with Crippen molar-refractivity contribution in [2.75, 3.05) is 13.2 Å². The number of carbonyl (C=O) groups excluding carboxylic acids is 1. The van der Waals surface area contributed by atoms with Crippen LogP contribution in [0.5, 0.6) is 0 Å². The number of hydrogen-bond donors (Lipinski definition) is 1. The van der Waals surface area contributed by atoms with Crippen LogP contribution in [0.25, 0.3) is 0 Å². The van der Waals surface area contributed by atoms with E-state index in [9.17, 15) is 4.79 Å². The molecule has 0 aromatic heterocycles. The van der Waals surface area contributed by atoms with E-state index in [4.69, 9.17) is 28.3 Å². The van der Waals surface area contributed by atoms with Crippen LogP contribution in [0, 0.1) is 0 Å². The van der Waals surface area contributed by atoms with E-state index in [1.807, 2.05) is 0 Å². The van der Waals surface area contributed by atoms with Gasteiger partial charge in [-0.05, 0) is 37.0 Å². The van der Waals surface area contributed by atoms with Crippen molar-refractivity contribution in [3.05, 3.63) is 33.8 Å². The Balaban J connectivity index is 2.05. The van der Waals surface area contributed by atoms with Crippen molar-refractivity contribution in [3.63, 3.8) is 0 Å². The van der Waals surface area contributed by atoms with Gasteiger partial charge < -0.3 is 10.0 Å². The van der Waals surface area contributed by atoms with Gasteiger partial charge in [0.1, 0.15) is 0 Å². The van der Waals surface area contributed by atoms with Crippen LogP contribution in [0.1, 0.15) is 24.8 Å². The average Bonchev–Trinajstić information content (AvgIpc) is 2.30. The van der Waals surface area contributed by atoms with Gasteiger partial charge in [0.25, 0.3) is 0 Å². The summed E-state index contributed by atoms with van der Waals surface area (Å²) < 4.78 is 0. The van der Waals surface area contributed by atoms with Crippen LogP contribution < -0.4 is 0 Å². The second-order valence-corrected chi connectivity index (χ2v) is 5.65. The molecule has 1 aliphatic carbocycles. The van der Waals surface area contributed by atoms with E-state index < -0.39 is 0 Å². The first kappa shape index (κ1) is 14.6. The fourth-order valence-corrected chi connectivity index (χ4v) is 2.72. The summed E-state index contributed by atoms with van der Waals surface area (Å²) in [6.07, 6.45) is 3.47. The Labute approximate surface area is 123 Å². The van der Waals surface area contributed by atoms with Crippen molar-refractivity contribution in [2.24, 2.45) is 0 Å². The van der Waals surface area contributed by atoms with E-state index >= 15 is 0 Å². The SMILES string of the molecule is O=C(Cc1ccc(Cl)cc1Cl)N(CCO)C1CCC1. The van der Waals surface area contributed by atoms with Crippen LogP contribution in [0.4, 0.5) is 0 Å². The van der Waals surface area contributed by atoms with Crippen molar-refractivity contribution >= 4 is 29.1 Å². The summed E-state index contributed by atoms with van der Waals surface area (Å²) in [6.45, 7) is 0.394. The minimum atomic E-state index is -0.00338. The lowest BCUT2D eigenvalue weighted by atomic mass is 9.91. The molecular weight excluding hydrogens is 285 g/mol. The van der Waals surface area contributed by atoms with Gasteiger partial charge in [-0.3, -0.25) is 4.79 Å². The van der Waals surface area contributed by atoms with E-state index in [2.05, 4.69) is 0 Å². The first-order valence-corrected chi connectivity index (χ1v) is 7.21. The summed E-state index contributed by atoms with van der Waals surface area (Å²) in [4.78, 5) is 14.1. The molecule has 19 heavy (non-hydrogen) atoms. The van der Waals surface area contributed by atoms with Gasteiger partial charge in [0.15, 0.2) is 0 Å². The molecule has 1 aromatic rings. The van der Waals surface area contributed by atoms with E-state index in [0.29, 0.717) is 16.6 Å². The topological polar surface area (TPSA) is 40.5 Å². The molecule has 1 amide bonds. The molecule has 0 saturated heterocycles. The summed E-state index contributed by atoms with van der Waals surface area (Å²) in [5, 5.41) is 10.1. The van der Waals surface area contributed by atoms with Gasteiger partial charge in [0, 0.05) is 22.6 Å². The zero-order valence-electron chi connectivity index (χ0n) is 10.6. The Kier molecular flexibility index (Phi) is 5.08. The monoisotopic (exact) mass is 301 g/mol. The molecule has 2 rings (SSSR count). The summed E-state index contributed by atoms with van der Waals surface area (Å²) in [7, 11) is 0. The van der Waals surface area contributed by atoms with Crippen LogP contribution in [-0.4, -0.2) is 35.1 Å². The normalized spacial score (nSPS) is 15.1. The van der Waals surface area contributed by atoms with Gasteiger partial charge in [-0.1, -0.05) is 29.3 Å². The van der Waals surface area contributed by atoms with Crippen LogP contribution in [0.15, 0.2) is 18.2 Å². The molecule has 0 heterocycles. The van der Waals surface area contributed by atoms with E-state index in [-0.39, 0.29) is 25.0 Å². The molecule has 1 N–H and O–H groups in total. The second-order valence-electron chi connectivity index (χ2n) is 4.81. The first-order chi connectivity index (χ1) is 9.11. The van der Waals surface area contributed by atoms with Crippen molar-refractivity contribution in [1.29, 1.82) is 0 Å². The van der Waals surface area contributed by atoms with Crippen molar-refractivity contribution < 1.29 is 9.90 Å². The summed E-state index contributed by atoms with van der Waals surface area (Å²) in [5.41, 5.74) is 0.776. The van der Waals surface area contributed by atoms with Crippen LogP contribution >= 0.6 is 23.2 Å². The molecule has 0 unspecified atom stereocenters. The number of carbonyl (C=O) groups is 1. The van der Waals surface area contributed by atoms with Gasteiger partial charge in [-0.25, -0.2) is 0 Å². The van der Waals surface area contributed by atoms with Crippen molar-refractivity contribution in [3.8, 4) is 0 Å². The number of halogens is 2. The Morgan fingerprint density at radius 1 is 1.37 bits per heavy atom. The zero-order valence-corrected chi connectivity index (χ0v) is 12.1. The quantitative estimate of drug-likeness (QED) is 0.908. The molecule has 104 valence electrons. The number of benzene rings is 1. The highest BCUT2D eigenvalue weighted by molar-refractivity contribution is 6.35. The maximum absolute atomic E-state index is 12.3. The van der Waals surface area contributed by atoms with Crippen LogP contribution in [-0.2, 0) is 11.2 Å². The highest BCUT2D eigenvalue weighted by Crippen LogP contribution is 2.26. The van der Waals surface area contributed by atoms with E-state index in [1.54, 1.807) is 23.1 Å². The van der Waals surface area contributed by atoms with E-state index in [1.165, 1.54) is 0 Å². The third kappa shape index (κ3) is 3.62. The zero-order chi connectivity index (χ0) is 13.8. The minimum absolute atomic E-state index is 0.00338. The van der Waals surface area contributed by atoms with E-state index in [0.717, 1.165) is 24.8 Å². The van der Waals surface area contributed by atoms with Gasteiger partial charge in [-0.2, -0.15) is 0 Å². The lowest BCUT2D eigenvalue weighted by molar-refractivity contribution is -0.135. The Hall–Kier alpha value is -0.770. The van der Waals surface area contributed by atoms with Crippen molar-refractivity contribution in [1.82, 2.24) is 4.90 Å². The van der Waals surface area contributed by atoms with Gasteiger partial charge in [-0.15, -0.1) is 0 Å². The predicted octanol–water partition coefficient (Wildman–Crippen LogP) is 2.91. The summed E-state index contributed by atoms with van der Waals surface area (Å²) in [5.74, 6) is 0.0166. The summed E-state index contributed by atoms with van der Waals surface area (Å²) >= 11 is 11.9. The molecule has 1 saturated carbocycles. The molecule has 1 aliphatic rings. The predicted molar refractivity (Wildman–Crippen MR) is 76.6 cm³/mol. The molecule has 0 spiro atoms. The first-order valence-electron chi connectivity index (χ1n) is 6.46. The molecule has 0 atom stereocenters. The minimum Gasteiger partial charge on any atom is -0.395 e. The third-order valence-corrected chi connectivity index (χ3v) is 4.12. The highest BCUT2D eigenvalue weighted by atomic mass is 35.5. The molecular formula is C14H17Cl2NO2. The lowest BCUT2D eigenvalue weighted by Crippen LogP contribution is -2.46. The standard InChI is InChI=1S/C14H17Cl2NO2/c15-11-5-4-10(13(16)9-11)8-14(19)17(6-7-18)12-2-1-3-12/h4-5,9,12,18H,1-3,6-8H2. The molecule has 1 fully saturated rings. The number of rotatable bonds is 5. The maximum Gasteiger partial charge on any atom is 0.227 e. The number of aliphatic hydroxyl groups excluding tert-OH is 1. The fraction of sp³-hybridized carbons (Fsp3) is 0.500. The average molecular weight is 302 g/mol.